The van der Waals surface area contributed by atoms with Gasteiger partial charge in [-0.15, -0.1) is 0 Å². The summed E-state index contributed by atoms with van der Waals surface area (Å²) in [5.74, 6) is -0.935. The molecule has 0 radical (unpaired) electrons. The van der Waals surface area contributed by atoms with E-state index in [1.54, 1.807) is 41.9 Å². The van der Waals surface area contributed by atoms with Gasteiger partial charge in [-0.2, -0.15) is 0 Å². The van der Waals surface area contributed by atoms with Gasteiger partial charge >= 0.3 is 5.97 Å². The molecular formula is C19H37N3O4. The van der Waals surface area contributed by atoms with Crippen molar-refractivity contribution in [3.63, 3.8) is 0 Å². The van der Waals surface area contributed by atoms with E-state index >= 15 is 0 Å². The van der Waals surface area contributed by atoms with Gasteiger partial charge < -0.3 is 19.9 Å². The van der Waals surface area contributed by atoms with Crippen LogP contribution in [0.5, 0.6) is 0 Å². The average Bonchev–Trinajstić information content (AvgIpc) is 2.49. The second-order valence-corrected chi connectivity index (χ2v) is 8.16. The van der Waals surface area contributed by atoms with Gasteiger partial charge in [0.25, 0.3) is 0 Å². The fraction of sp³-hybridized carbons (Fsp3) is 0.842. The van der Waals surface area contributed by atoms with Crippen molar-refractivity contribution in [3.05, 3.63) is 0 Å². The highest BCUT2D eigenvalue weighted by Gasteiger charge is 2.35. The summed E-state index contributed by atoms with van der Waals surface area (Å²) < 4.78 is 5.34. The molecule has 7 heteroatoms. The van der Waals surface area contributed by atoms with Crippen LogP contribution in [0.3, 0.4) is 0 Å². The summed E-state index contributed by atoms with van der Waals surface area (Å²) in [6.45, 7) is 12.0. The van der Waals surface area contributed by atoms with Crippen molar-refractivity contribution in [1.82, 2.24) is 15.1 Å². The maximum absolute atomic E-state index is 13.0. The van der Waals surface area contributed by atoms with Gasteiger partial charge in [0, 0.05) is 21.1 Å². The molecule has 0 aliphatic carbocycles. The number of carbonyl (C=O) groups excluding carboxylic acids is 3. The number of amides is 2. The van der Waals surface area contributed by atoms with Gasteiger partial charge in [0.05, 0.1) is 12.5 Å². The first-order valence-electron chi connectivity index (χ1n) is 9.24. The molecule has 0 aromatic carbocycles. The first-order valence-corrected chi connectivity index (χ1v) is 9.24. The van der Waals surface area contributed by atoms with Crippen molar-refractivity contribution in [2.24, 2.45) is 5.92 Å². The van der Waals surface area contributed by atoms with E-state index < -0.39 is 23.7 Å². The number of esters is 1. The first kappa shape index (κ1) is 24.4. The van der Waals surface area contributed by atoms with Gasteiger partial charge in [-0.3, -0.25) is 14.4 Å². The molecule has 0 rings (SSSR count). The highest BCUT2D eigenvalue weighted by Crippen LogP contribution is 2.15. The molecule has 0 aliphatic rings. The van der Waals surface area contributed by atoms with Crippen molar-refractivity contribution in [2.45, 2.75) is 72.1 Å². The minimum absolute atomic E-state index is 0.0631. The Morgan fingerprint density at radius 2 is 1.58 bits per heavy atom. The standard InChI is InChI=1S/C19H37N3O4/c1-10-11-20-16(13(2)3)18(25)22(9)14(17(24)21(7)8)12-15(23)26-19(4,5)6/h13-14,16,20H,10-12H2,1-9H3/t14-,16-/m0/s1. The van der Waals surface area contributed by atoms with Gasteiger partial charge in [-0.25, -0.2) is 0 Å². The van der Waals surface area contributed by atoms with E-state index in [-0.39, 0.29) is 24.2 Å². The van der Waals surface area contributed by atoms with Crippen LogP contribution in [-0.2, 0) is 19.1 Å². The average molecular weight is 372 g/mol. The lowest BCUT2D eigenvalue weighted by atomic mass is 10.0. The maximum Gasteiger partial charge on any atom is 0.308 e. The van der Waals surface area contributed by atoms with Crippen LogP contribution >= 0.6 is 0 Å². The zero-order valence-corrected chi connectivity index (χ0v) is 17.9. The van der Waals surface area contributed by atoms with Gasteiger partial charge in [0.2, 0.25) is 11.8 Å². The second kappa shape index (κ2) is 10.5. The molecule has 2 atom stereocenters. The predicted octanol–water partition coefficient (Wildman–Crippen LogP) is 1.66. The Morgan fingerprint density at radius 3 is 1.96 bits per heavy atom. The zero-order chi connectivity index (χ0) is 20.7. The number of rotatable bonds is 9. The largest absolute Gasteiger partial charge is 0.460 e. The fourth-order valence-electron chi connectivity index (χ4n) is 2.51. The molecule has 0 fully saturated rings. The van der Waals surface area contributed by atoms with Crippen LogP contribution < -0.4 is 5.32 Å². The molecule has 152 valence electrons. The van der Waals surface area contributed by atoms with E-state index in [1.165, 1.54) is 9.80 Å². The summed E-state index contributed by atoms with van der Waals surface area (Å²) in [4.78, 5) is 40.6. The third-order valence-electron chi connectivity index (χ3n) is 3.87. The van der Waals surface area contributed by atoms with Gasteiger partial charge in [-0.1, -0.05) is 20.8 Å². The Bertz CT molecular complexity index is 484. The number of nitrogens with zero attached hydrogens (tertiary/aromatic N) is 2. The summed E-state index contributed by atoms with van der Waals surface area (Å²) in [6.07, 6.45) is 0.729. The van der Waals surface area contributed by atoms with Gasteiger partial charge in [0.1, 0.15) is 11.6 Å². The molecule has 0 saturated heterocycles. The van der Waals surface area contributed by atoms with E-state index in [1.807, 2.05) is 20.8 Å². The topological polar surface area (TPSA) is 79.0 Å². The summed E-state index contributed by atoms with van der Waals surface area (Å²) in [5.41, 5.74) is -0.644. The number of carbonyl (C=O) groups is 3. The highest BCUT2D eigenvalue weighted by atomic mass is 16.6. The van der Waals surface area contributed by atoms with Gasteiger partial charge in [0.15, 0.2) is 0 Å². The Morgan fingerprint density at radius 1 is 1.04 bits per heavy atom. The molecule has 26 heavy (non-hydrogen) atoms. The molecule has 0 aliphatic heterocycles. The number of ether oxygens (including phenoxy) is 1. The molecule has 0 saturated carbocycles. The Hall–Kier alpha value is -1.63. The van der Waals surface area contributed by atoms with Crippen LogP contribution in [0.2, 0.25) is 0 Å². The molecular weight excluding hydrogens is 334 g/mol. The summed E-state index contributed by atoms with van der Waals surface area (Å²) in [7, 11) is 4.79. The third-order valence-corrected chi connectivity index (χ3v) is 3.87. The van der Waals surface area contributed by atoms with Crippen molar-refractivity contribution in [3.8, 4) is 0 Å². The van der Waals surface area contributed by atoms with E-state index in [0.29, 0.717) is 6.54 Å². The van der Waals surface area contributed by atoms with Gasteiger partial charge in [-0.05, 0) is 39.7 Å². The van der Waals surface area contributed by atoms with E-state index in [0.717, 1.165) is 6.42 Å². The van der Waals surface area contributed by atoms with Crippen molar-refractivity contribution in [1.29, 1.82) is 0 Å². The van der Waals surface area contributed by atoms with Crippen molar-refractivity contribution >= 4 is 17.8 Å². The number of hydrogen-bond donors (Lipinski definition) is 1. The molecule has 0 heterocycles. The fourth-order valence-corrected chi connectivity index (χ4v) is 2.51. The smallest absolute Gasteiger partial charge is 0.308 e. The maximum atomic E-state index is 13.0. The minimum Gasteiger partial charge on any atom is -0.460 e. The number of likely N-dealkylation sites (N-methyl/N-ethyl adjacent to an activating group) is 2. The molecule has 7 nitrogen and oxygen atoms in total. The molecule has 1 N–H and O–H groups in total. The van der Waals surface area contributed by atoms with E-state index in [9.17, 15) is 14.4 Å². The lowest BCUT2D eigenvalue weighted by molar-refractivity contribution is -0.160. The second-order valence-electron chi connectivity index (χ2n) is 8.16. The third kappa shape index (κ3) is 8.17. The van der Waals surface area contributed by atoms with E-state index in [2.05, 4.69) is 5.32 Å². The highest BCUT2D eigenvalue weighted by molar-refractivity contribution is 5.92. The number of hydrogen-bond acceptors (Lipinski definition) is 5. The van der Waals surface area contributed by atoms with E-state index in [4.69, 9.17) is 4.74 Å². The Balaban J connectivity index is 5.43. The molecule has 2 amide bonds. The summed E-state index contributed by atoms with van der Waals surface area (Å²) in [5, 5.41) is 3.23. The SMILES string of the molecule is CCCN[C@H](C(=O)N(C)[C@@H](CC(=O)OC(C)(C)C)C(=O)N(C)C)C(C)C. The zero-order valence-electron chi connectivity index (χ0n) is 17.9. The molecule has 0 unspecified atom stereocenters. The van der Waals surface area contributed by atoms with Crippen LogP contribution in [0.1, 0.15) is 54.4 Å². The summed E-state index contributed by atoms with van der Waals surface area (Å²) >= 11 is 0. The van der Waals surface area contributed by atoms with Crippen LogP contribution in [0.25, 0.3) is 0 Å². The lowest BCUT2D eigenvalue weighted by Gasteiger charge is -2.33. The predicted molar refractivity (Wildman–Crippen MR) is 103 cm³/mol. The summed E-state index contributed by atoms with van der Waals surface area (Å²) in [6, 6.07) is -1.30. The van der Waals surface area contributed by atoms with Crippen LogP contribution in [-0.4, -0.2) is 73.0 Å². The number of nitrogens with one attached hydrogen (secondary N) is 1. The molecule has 0 bridgehead atoms. The van der Waals surface area contributed by atoms with Crippen LogP contribution in [0.4, 0.5) is 0 Å². The van der Waals surface area contributed by atoms with Crippen molar-refractivity contribution < 1.29 is 19.1 Å². The lowest BCUT2D eigenvalue weighted by Crippen LogP contribution is -2.55. The Labute approximate surface area is 158 Å². The Kier molecular flexibility index (Phi) is 9.84. The monoisotopic (exact) mass is 371 g/mol. The molecule has 0 spiro atoms. The quantitative estimate of drug-likeness (QED) is 0.624. The van der Waals surface area contributed by atoms with Crippen molar-refractivity contribution in [2.75, 3.05) is 27.7 Å². The molecule has 0 aromatic heterocycles. The molecule has 0 aromatic rings. The first-order chi connectivity index (χ1) is 11.8. The normalized spacial score (nSPS) is 13.9. The minimum atomic E-state index is -0.892. The van der Waals surface area contributed by atoms with Crippen LogP contribution in [0, 0.1) is 5.92 Å². The van der Waals surface area contributed by atoms with Crippen LogP contribution in [0.15, 0.2) is 0 Å².